The zero-order chi connectivity index (χ0) is 22.1. The van der Waals surface area contributed by atoms with E-state index in [1.54, 1.807) is 0 Å². The Bertz CT molecular complexity index is 480. The normalized spacial score (nSPS) is 30.5. The van der Waals surface area contributed by atoms with E-state index in [0.29, 0.717) is 6.61 Å². The fourth-order valence-electron chi connectivity index (χ4n) is 2.95. The number of rotatable bonds is 9. The molecule has 1 rings (SSSR count). The van der Waals surface area contributed by atoms with Crippen molar-refractivity contribution in [2.75, 3.05) is 6.61 Å². The summed E-state index contributed by atoms with van der Waals surface area (Å²) in [5.41, 5.74) is 6.66. The molecule has 5 atom stereocenters. The maximum atomic E-state index is 6.66. The van der Waals surface area contributed by atoms with Crippen LogP contribution >= 0.6 is 0 Å². The molecule has 1 aliphatic heterocycles. The van der Waals surface area contributed by atoms with Crippen molar-refractivity contribution in [3.8, 4) is 0 Å². The van der Waals surface area contributed by atoms with Crippen molar-refractivity contribution in [3.63, 3.8) is 0 Å². The minimum absolute atomic E-state index is 0.244. The van der Waals surface area contributed by atoms with Gasteiger partial charge in [-0.25, -0.2) is 0 Å². The third-order valence-electron chi connectivity index (χ3n) is 3.82. The SMILES string of the molecule is C[Si](C)(C)OC[C@H]1O[C@H](O[Si](C)(C)C)[C@@H](N)[C@@H](O[Si](C)(C)C)[C@@H]1O[Si](C)(C)C. The molecule has 1 aliphatic rings. The van der Waals surface area contributed by atoms with E-state index in [0.717, 1.165) is 0 Å². The summed E-state index contributed by atoms with van der Waals surface area (Å²) in [7, 11) is -7.26. The predicted octanol–water partition coefficient (Wildman–Crippen LogP) is 4.18. The topological polar surface area (TPSA) is 72.2 Å². The summed E-state index contributed by atoms with van der Waals surface area (Å²) in [6.07, 6.45) is -1.25. The summed E-state index contributed by atoms with van der Waals surface area (Å²) >= 11 is 0. The third-order valence-corrected chi connectivity index (χ3v) is 7.75. The van der Waals surface area contributed by atoms with E-state index in [4.69, 9.17) is 28.2 Å². The van der Waals surface area contributed by atoms with Crippen molar-refractivity contribution in [2.45, 2.75) is 109 Å². The van der Waals surface area contributed by atoms with E-state index in [9.17, 15) is 0 Å². The largest absolute Gasteiger partial charge is 0.415 e. The van der Waals surface area contributed by atoms with Crippen molar-refractivity contribution < 1.29 is 22.4 Å². The maximum Gasteiger partial charge on any atom is 0.187 e. The Morgan fingerprint density at radius 2 is 1.07 bits per heavy atom. The molecular formula is C18H45NO5Si4. The predicted molar refractivity (Wildman–Crippen MR) is 127 cm³/mol. The smallest absolute Gasteiger partial charge is 0.187 e. The summed E-state index contributed by atoms with van der Waals surface area (Å²) in [6.45, 7) is 26.6. The van der Waals surface area contributed by atoms with E-state index in [1.165, 1.54) is 0 Å². The van der Waals surface area contributed by atoms with Crippen LogP contribution in [0.2, 0.25) is 78.6 Å². The molecule has 6 nitrogen and oxygen atoms in total. The Hall–Kier alpha value is 0.628. The fourth-order valence-corrected chi connectivity index (χ4v) is 6.74. The average Bonchev–Trinajstić information content (AvgIpc) is 2.39. The summed E-state index contributed by atoms with van der Waals surface area (Å²) in [6, 6.07) is -0.386. The van der Waals surface area contributed by atoms with Crippen LogP contribution in [0.4, 0.5) is 0 Å². The molecule has 0 amide bonds. The molecule has 1 saturated heterocycles. The van der Waals surface area contributed by atoms with Gasteiger partial charge in [0.25, 0.3) is 0 Å². The van der Waals surface area contributed by atoms with Gasteiger partial charge in [-0.1, -0.05) is 0 Å². The standard InChI is InChI=1S/C18H45NO5Si4/c1-25(2,3)20-13-14-16(22-26(4,5)6)17(23-27(7,8)9)15(19)18(21-14)24-28(10,11)12/h14-18H,13,19H2,1-12H3/t14-,15+,16-,17-,18-/m1/s1. The Labute approximate surface area is 177 Å². The summed E-state index contributed by atoms with van der Waals surface area (Å²) in [5.74, 6) is 0. The number of nitrogens with two attached hydrogens (primary N) is 1. The summed E-state index contributed by atoms with van der Waals surface area (Å²) < 4.78 is 32.1. The van der Waals surface area contributed by atoms with Crippen molar-refractivity contribution in [3.05, 3.63) is 0 Å². The van der Waals surface area contributed by atoms with Gasteiger partial charge in [0.1, 0.15) is 12.2 Å². The van der Waals surface area contributed by atoms with Crippen LogP contribution < -0.4 is 5.73 Å². The second-order valence-corrected chi connectivity index (χ2v) is 29.6. The molecule has 168 valence electrons. The van der Waals surface area contributed by atoms with Gasteiger partial charge in [-0.2, -0.15) is 0 Å². The van der Waals surface area contributed by atoms with Crippen LogP contribution in [0.1, 0.15) is 0 Å². The van der Waals surface area contributed by atoms with Crippen LogP contribution in [0.5, 0.6) is 0 Å². The van der Waals surface area contributed by atoms with Gasteiger partial charge in [0.05, 0.1) is 18.8 Å². The van der Waals surface area contributed by atoms with Gasteiger partial charge >= 0.3 is 0 Å². The van der Waals surface area contributed by atoms with Crippen LogP contribution in [-0.2, 0) is 22.4 Å². The molecule has 0 aromatic rings. The molecule has 0 aromatic carbocycles. The van der Waals surface area contributed by atoms with Gasteiger partial charge in [-0.15, -0.1) is 0 Å². The molecule has 0 aromatic heterocycles. The minimum atomic E-state index is -1.86. The monoisotopic (exact) mass is 467 g/mol. The Morgan fingerprint density at radius 3 is 1.46 bits per heavy atom. The van der Waals surface area contributed by atoms with Crippen molar-refractivity contribution >= 4 is 33.3 Å². The lowest BCUT2D eigenvalue weighted by molar-refractivity contribution is -0.233. The van der Waals surface area contributed by atoms with Gasteiger partial charge in [-0.3, -0.25) is 0 Å². The number of ether oxygens (including phenoxy) is 1. The van der Waals surface area contributed by atoms with E-state index in [-0.39, 0.29) is 24.4 Å². The number of hydrogen-bond donors (Lipinski definition) is 1. The van der Waals surface area contributed by atoms with E-state index in [2.05, 4.69) is 78.6 Å². The van der Waals surface area contributed by atoms with Crippen molar-refractivity contribution in [1.82, 2.24) is 0 Å². The van der Waals surface area contributed by atoms with Gasteiger partial charge in [0.2, 0.25) is 0 Å². The van der Waals surface area contributed by atoms with Crippen molar-refractivity contribution in [1.29, 1.82) is 0 Å². The fraction of sp³-hybridized carbons (Fsp3) is 1.00. The first-order chi connectivity index (χ1) is 12.3. The van der Waals surface area contributed by atoms with Crippen LogP contribution in [0.15, 0.2) is 0 Å². The van der Waals surface area contributed by atoms with Crippen LogP contribution in [0.25, 0.3) is 0 Å². The lowest BCUT2D eigenvalue weighted by Gasteiger charge is -2.49. The second-order valence-electron chi connectivity index (χ2n) is 11.7. The molecule has 0 saturated carbocycles. The molecule has 0 aliphatic carbocycles. The lowest BCUT2D eigenvalue weighted by Crippen LogP contribution is -2.68. The Balaban J connectivity index is 3.23. The second kappa shape index (κ2) is 9.41. The molecule has 28 heavy (non-hydrogen) atoms. The van der Waals surface area contributed by atoms with E-state index < -0.39 is 39.6 Å². The molecule has 0 bridgehead atoms. The van der Waals surface area contributed by atoms with Crippen LogP contribution in [0, 0.1) is 0 Å². The molecule has 1 fully saturated rings. The van der Waals surface area contributed by atoms with Gasteiger partial charge in [0.15, 0.2) is 39.6 Å². The minimum Gasteiger partial charge on any atom is -0.415 e. The molecule has 0 unspecified atom stereocenters. The quantitative estimate of drug-likeness (QED) is 0.513. The maximum absolute atomic E-state index is 6.66. The summed E-state index contributed by atoms with van der Waals surface area (Å²) in [5, 5.41) is 0. The molecule has 0 radical (unpaired) electrons. The lowest BCUT2D eigenvalue weighted by atomic mass is 9.98. The highest BCUT2D eigenvalue weighted by Gasteiger charge is 2.50. The molecule has 2 N–H and O–H groups in total. The van der Waals surface area contributed by atoms with E-state index >= 15 is 0 Å². The first-order valence-electron chi connectivity index (χ1n) is 10.4. The Morgan fingerprint density at radius 1 is 0.643 bits per heavy atom. The van der Waals surface area contributed by atoms with Gasteiger partial charge in [-0.05, 0) is 78.6 Å². The van der Waals surface area contributed by atoms with E-state index in [1.807, 2.05) is 0 Å². The zero-order valence-corrected chi connectivity index (χ0v) is 24.2. The highest BCUT2D eigenvalue weighted by Crippen LogP contribution is 2.31. The highest BCUT2D eigenvalue weighted by atomic mass is 28.4. The average molecular weight is 468 g/mol. The molecule has 1 heterocycles. The first-order valence-corrected chi connectivity index (χ1v) is 24.0. The van der Waals surface area contributed by atoms with Crippen LogP contribution in [-0.4, -0.2) is 70.5 Å². The number of hydrogen-bond acceptors (Lipinski definition) is 6. The van der Waals surface area contributed by atoms with Crippen molar-refractivity contribution in [2.24, 2.45) is 5.73 Å². The highest BCUT2D eigenvalue weighted by molar-refractivity contribution is 6.71. The zero-order valence-electron chi connectivity index (χ0n) is 20.2. The summed E-state index contributed by atoms with van der Waals surface area (Å²) in [4.78, 5) is 0. The van der Waals surface area contributed by atoms with Gasteiger partial charge < -0.3 is 28.2 Å². The van der Waals surface area contributed by atoms with Crippen LogP contribution in [0.3, 0.4) is 0 Å². The van der Waals surface area contributed by atoms with Gasteiger partial charge in [0, 0.05) is 0 Å². The first kappa shape index (κ1) is 26.7. The Kier molecular flexibility index (Phi) is 8.96. The molecule has 0 spiro atoms. The molecular weight excluding hydrogens is 423 g/mol. The third kappa shape index (κ3) is 10.1. The molecule has 10 heteroatoms.